The largest absolute Gasteiger partial charge is 0.486 e. The Balaban J connectivity index is 1.78. The van der Waals surface area contributed by atoms with Crippen molar-refractivity contribution in [2.45, 2.75) is 24.6 Å². The Labute approximate surface area is 128 Å². The normalized spacial score (nSPS) is 13.2. The fraction of sp³-hybridized carbons (Fsp3) is 0.312. The Morgan fingerprint density at radius 3 is 2.52 bits per heavy atom. The Kier molecular flexibility index (Phi) is 3.92. The van der Waals surface area contributed by atoms with Crippen molar-refractivity contribution in [3.8, 4) is 11.5 Å². The van der Waals surface area contributed by atoms with E-state index in [2.05, 4.69) is 24.0 Å². The van der Waals surface area contributed by atoms with E-state index in [0.717, 1.165) is 39.2 Å². The highest BCUT2D eigenvalue weighted by molar-refractivity contribution is 7.98. The zero-order valence-corrected chi connectivity index (χ0v) is 13.0. The van der Waals surface area contributed by atoms with Gasteiger partial charge in [0.05, 0.1) is 5.03 Å². The molecule has 1 aromatic carbocycles. The summed E-state index contributed by atoms with van der Waals surface area (Å²) in [5, 5.41) is 1.02. The van der Waals surface area contributed by atoms with Crippen LogP contribution in [-0.4, -0.2) is 18.2 Å². The predicted octanol–water partition coefficient (Wildman–Crippen LogP) is 3.34. The molecule has 1 aliphatic rings. The van der Waals surface area contributed by atoms with Gasteiger partial charge in [0.25, 0.3) is 0 Å². The molecule has 0 saturated carbocycles. The van der Waals surface area contributed by atoms with Crippen molar-refractivity contribution in [3.63, 3.8) is 0 Å². The van der Waals surface area contributed by atoms with Gasteiger partial charge in [0.1, 0.15) is 13.2 Å². The lowest BCUT2D eigenvalue weighted by molar-refractivity contribution is 0.171. The zero-order chi connectivity index (χ0) is 14.8. The average molecular weight is 302 g/mol. The minimum Gasteiger partial charge on any atom is -0.486 e. The summed E-state index contributed by atoms with van der Waals surface area (Å²) in [5.41, 5.74) is 10.1. The van der Waals surface area contributed by atoms with E-state index in [9.17, 15) is 0 Å². The fourth-order valence-corrected chi connectivity index (χ4v) is 3.33. The van der Waals surface area contributed by atoms with Gasteiger partial charge in [0, 0.05) is 23.2 Å². The van der Waals surface area contributed by atoms with Crippen LogP contribution in [0.2, 0.25) is 0 Å². The van der Waals surface area contributed by atoms with Crippen molar-refractivity contribution in [3.05, 3.63) is 41.1 Å². The maximum Gasteiger partial charge on any atom is 0.163 e. The molecular weight excluding hydrogens is 284 g/mol. The Bertz CT molecular complexity index is 653. The highest BCUT2D eigenvalue weighted by atomic mass is 32.2. The summed E-state index contributed by atoms with van der Waals surface area (Å²) in [7, 11) is 0. The third-order valence-electron chi connectivity index (χ3n) is 3.25. The van der Waals surface area contributed by atoms with Crippen LogP contribution in [0.1, 0.15) is 16.8 Å². The summed E-state index contributed by atoms with van der Waals surface area (Å²) in [6.45, 7) is 5.25. The molecule has 2 aromatic rings. The number of ether oxygens (including phenoxy) is 2. The number of nitrogen functional groups attached to an aromatic ring is 1. The SMILES string of the molecule is Cc1cc(C)nc(SCc2cc3c(cc2N)OCCO3)c1. The topological polar surface area (TPSA) is 57.4 Å². The number of hydrogen-bond donors (Lipinski definition) is 1. The molecule has 2 N–H and O–H groups in total. The van der Waals surface area contributed by atoms with Crippen molar-refractivity contribution < 1.29 is 9.47 Å². The maximum atomic E-state index is 6.10. The van der Waals surface area contributed by atoms with Gasteiger partial charge in [-0.25, -0.2) is 4.98 Å². The van der Waals surface area contributed by atoms with Gasteiger partial charge < -0.3 is 15.2 Å². The predicted molar refractivity (Wildman–Crippen MR) is 85.1 cm³/mol. The lowest BCUT2D eigenvalue weighted by Gasteiger charge is -2.20. The molecule has 0 radical (unpaired) electrons. The Hall–Kier alpha value is -1.88. The van der Waals surface area contributed by atoms with Gasteiger partial charge >= 0.3 is 0 Å². The summed E-state index contributed by atoms with van der Waals surface area (Å²) < 4.78 is 11.1. The van der Waals surface area contributed by atoms with E-state index in [0.29, 0.717) is 13.2 Å². The molecule has 0 spiro atoms. The number of nitrogens with zero attached hydrogens (tertiary/aromatic N) is 1. The molecule has 1 aromatic heterocycles. The monoisotopic (exact) mass is 302 g/mol. The number of thioether (sulfide) groups is 1. The first-order valence-corrected chi connectivity index (χ1v) is 7.86. The van der Waals surface area contributed by atoms with Gasteiger partial charge in [-0.2, -0.15) is 0 Å². The molecule has 0 amide bonds. The third kappa shape index (κ3) is 3.24. The number of rotatable bonds is 3. The lowest BCUT2D eigenvalue weighted by atomic mass is 10.2. The van der Waals surface area contributed by atoms with E-state index < -0.39 is 0 Å². The third-order valence-corrected chi connectivity index (χ3v) is 4.21. The van der Waals surface area contributed by atoms with Crippen molar-refractivity contribution in [2.24, 2.45) is 0 Å². The Morgan fingerprint density at radius 2 is 1.81 bits per heavy atom. The van der Waals surface area contributed by atoms with E-state index >= 15 is 0 Å². The van der Waals surface area contributed by atoms with Crippen molar-refractivity contribution in [1.29, 1.82) is 0 Å². The number of aromatic nitrogens is 1. The van der Waals surface area contributed by atoms with Crippen LogP contribution in [-0.2, 0) is 5.75 Å². The van der Waals surface area contributed by atoms with Crippen LogP contribution in [0.5, 0.6) is 11.5 Å². The van der Waals surface area contributed by atoms with Gasteiger partial charge in [-0.05, 0) is 43.2 Å². The molecule has 21 heavy (non-hydrogen) atoms. The number of nitrogens with two attached hydrogens (primary N) is 1. The number of anilines is 1. The lowest BCUT2D eigenvalue weighted by Crippen LogP contribution is -2.15. The number of hydrogen-bond acceptors (Lipinski definition) is 5. The molecule has 2 heterocycles. The first kappa shape index (κ1) is 14.1. The van der Waals surface area contributed by atoms with E-state index in [4.69, 9.17) is 15.2 Å². The molecule has 5 heteroatoms. The molecule has 3 rings (SSSR count). The van der Waals surface area contributed by atoms with E-state index in [1.54, 1.807) is 11.8 Å². The summed E-state index contributed by atoms with van der Waals surface area (Å²) in [6.07, 6.45) is 0. The van der Waals surface area contributed by atoms with E-state index in [1.165, 1.54) is 5.56 Å². The van der Waals surface area contributed by atoms with Crippen LogP contribution in [0.15, 0.2) is 29.3 Å². The van der Waals surface area contributed by atoms with Crippen LogP contribution in [0.25, 0.3) is 0 Å². The van der Waals surface area contributed by atoms with Gasteiger partial charge in [0.15, 0.2) is 11.5 Å². The first-order chi connectivity index (χ1) is 10.1. The quantitative estimate of drug-likeness (QED) is 0.696. The van der Waals surface area contributed by atoms with E-state index in [-0.39, 0.29) is 0 Å². The molecule has 110 valence electrons. The fourth-order valence-electron chi connectivity index (χ4n) is 2.30. The first-order valence-electron chi connectivity index (χ1n) is 6.88. The molecular formula is C16H18N2O2S. The number of pyridine rings is 1. The zero-order valence-electron chi connectivity index (χ0n) is 12.2. The second-order valence-electron chi connectivity index (χ2n) is 5.11. The second kappa shape index (κ2) is 5.85. The minimum absolute atomic E-state index is 0.576. The van der Waals surface area contributed by atoms with Gasteiger partial charge in [-0.1, -0.05) is 0 Å². The molecule has 0 fully saturated rings. The molecule has 0 aliphatic carbocycles. The standard InChI is InChI=1S/C16H18N2O2S/c1-10-5-11(2)18-16(6-10)21-9-12-7-14-15(8-13(12)17)20-4-3-19-14/h5-8H,3-4,9,17H2,1-2H3. The minimum atomic E-state index is 0.576. The molecule has 0 saturated heterocycles. The maximum absolute atomic E-state index is 6.10. The average Bonchev–Trinajstić information content (AvgIpc) is 2.44. The highest BCUT2D eigenvalue weighted by Crippen LogP contribution is 2.36. The van der Waals surface area contributed by atoms with Crippen molar-refractivity contribution in [1.82, 2.24) is 4.98 Å². The highest BCUT2D eigenvalue weighted by Gasteiger charge is 2.14. The number of fused-ring (bicyclic) bond motifs is 1. The number of aryl methyl sites for hydroxylation is 2. The van der Waals surface area contributed by atoms with Crippen LogP contribution in [0.4, 0.5) is 5.69 Å². The van der Waals surface area contributed by atoms with Crippen LogP contribution < -0.4 is 15.2 Å². The second-order valence-corrected chi connectivity index (χ2v) is 6.10. The Morgan fingerprint density at radius 1 is 1.10 bits per heavy atom. The summed E-state index contributed by atoms with van der Waals surface area (Å²) in [6, 6.07) is 7.98. The van der Waals surface area contributed by atoms with Crippen LogP contribution in [0, 0.1) is 13.8 Å². The van der Waals surface area contributed by atoms with Gasteiger partial charge in [0.2, 0.25) is 0 Å². The summed E-state index contributed by atoms with van der Waals surface area (Å²) >= 11 is 1.68. The smallest absolute Gasteiger partial charge is 0.163 e. The van der Waals surface area contributed by atoms with Crippen LogP contribution >= 0.6 is 11.8 Å². The molecule has 4 nitrogen and oxygen atoms in total. The molecule has 0 bridgehead atoms. The number of benzene rings is 1. The molecule has 0 unspecified atom stereocenters. The van der Waals surface area contributed by atoms with Crippen LogP contribution in [0.3, 0.4) is 0 Å². The van der Waals surface area contributed by atoms with Gasteiger partial charge in [-0.15, -0.1) is 11.8 Å². The van der Waals surface area contributed by atoms with Gasteiger partial charge in [-0.3, -0.25) is 0 Å². The molecule has 1 aliphatic heterocycles. The summed E-state index contributed by atoms with van der Waals surface area (Å²) in [5.74, 6) is 2.27. The van der Waals surface area contributed by atoms with Crippen molar-refractivity contribution in [2.75, 3.05) is 18.9 Å². The summed E-state index contributed by atoms with van der Waals surface area (Å²) in [4.78, 5) is 4.53. The van der Waals surface area contributed by atoms with Crippen molar-refractivity contribution >= 4 is 17.4 Å². The molecule has 0 atom stereocenters. The van der Waals surface area contributed by atoms with E-state index in [1.807, 2.05) is 19.1 Å².